The first-order chi connectivity index (χ1) is 9.15. The predicted octanol–water partition coefficient (Wildman–Crippen LogP) is 3.32. The van der Waals surface area contributed by atoms with Gasteiger partial charge in [0.05, 0.1) is 6.42 Å². The zero-order valence-corrected chi connectivity index (χ0v) is 11.7. The smallest absolute Gasteiger partial charge is 0.304 e. The van der Waals surface area contributed by atoms with Crippen LogP contribution in [0.1, 0.15) is 11.3 Å². The van der Waals surface area contributed by atoms with Gasteiger partial charge in [0.25, 0.3) is 0 Å². The van der Waals surface area contributed by atoms with Crippen LogP contribution in [0, 0.1) is 0 Å². The van der Waals surface area contributed by atoms with Crippen LogP contribution in [0.5, 0.6) is 0 Å². The van der Waals surface area contributed by atoms with Gasteiger partial charge >= 0.3 is 5.97 Å². The Morgan fingerprint density at radius 3 is 2.68 bits per heavy atom. The Hall–Kier alpha value is -1.65. The number of benzene rings is 1. The van der Waals surface area contributed by atoms with Crippen molar-refractivity contribution in [2.24, 2.45) is 0 Å². The summed E-state index contributed by atoms with van der Waals surface area (Å²) in [6.07, 6.45) is 0.188. The van der Waals surface area contributed by atoms with Crippen molar-refractivity contribution < 1.29 is 9.90 Å². The third-order valence-corrected chi connectivity index (χ3v) is 3.82. The van der Waals surface area contributed by atoms with Gasteiger partial charge in [0, 0.05) is 18.0 Å². The van der Waals surface area contributed by atoms with Crippen molar-refractivity contribution in [1.82, 2.24) is 4.90 Å². The Morgan fingerprint density at radius 1 is 1.26 bits per heavy atom. The van der Waals surface area contributed by atoms with Crippen molar-refractivity contribution in [3.8, 4) is 11.1 Å². The quantitative estimate of drug-likeness (QED) is 0.879. The van der Waals surface area contributed by atoms with E-state index in [2.05, 4.69) is 23.6 Å². The molecule has 0 aliphatic heterocycles. The summed E-state index contributed by atoms with van der Waals surface area (Å²) in [5.74, 6) is -0.747. The summed E-state index contributed by atoms with van der Waals surface area (Å²) in [6, 6.07) is 12.4. The van der Waals surface area contributed by atoms with Crippen molar-refractivity contribution in [3.63, 3.8) is 0 Å². The van der Waals surface area contributed by atoms with Gasteiger partial charge in [-0.1, -0.05) is 30.3 Å². The summed E-state index contributed by atoms with van der Waals surface area (Å²) in [6.45, 7) is 1.37. The number of thiophene rings is 1. The summed E-state index contributed by atoms with van der Waals surface area (Å²) in [5.41, 5.74) is 2.45. The number of nitrogens with zero attached hydrogens (tertiary/aromatic N) is 1. The van der Waals surface area contributed by atoms with Gasteiger partial charge in [0.2, 0.25) is 0 Å². The van der Waals surface area contributed by atoms with Gasteiger partial charge < -0.3 is 10.0 Å². The molecule has 100 valence electrons. The summed E-state index contributed by atoms with van der Waals surface area (Å²) in [7, 11) is 1.95. The van der Waals surface area contributed by atoms with Crippen LogP contribution in [-0.4, -0.2) is 29.6 Å². The van der Waals surface area contributed by atoms with E-state index >= 15 is 0 Å². The minimum Gasteiger partial charge on any atom is -0.481 e. The molecule has 0 aliphatic carbocycles. The number of rotatable bonds is 6. The molecule has 0 amide bonds. The molecule has 0 saturated carbocycles. The van der Waals surface area contributed by atoms with Crippen LogP contribution in [0.15, 0.2) is 41.8 Å². The minimum atomic E-state index is -0.747. The molecule has 0 radical (unpaired) electrons. The van der Waals surface area contributed by atoms with E-state index in [0.29, 0.717) is 6.54 Å². The summed E-state index contributed by atoms with van der Waals surface area (Å²) in [4.78, 5) is 13.8. The zero-order valence-electron chi connectivity index (χ0n) is 10.9. The molecule has 0 aliphatic rings. The van der Waals surface area contributed by atoms with E-state index in [-0.39, 0.29) is 6.42 Å². The molecule has 0 spiro atoms. The van der Waals surface area contributed by atoms with E-state index in [4.69, 9.17) is 5.11 Å². The van der Waals surface area contributed by atoms with Crippen LogP contribution in [0.25, 0.3) is 11.1 Å². The summed E-state index contributed by atoms with van der Waals surface area (Å²) in [5, 5.41) is 10.8. The van der Waals surface area contributed by atoms with Crippen LogP contribution >= 0.6 is 11.3 Å². The van der Waals surface area contributed by atoms with E-state index in [1.165, 1.54) is 16.0 Å². The number of carboxylic acid groups (broad SMARTS) is 1. The van der Waals surface area contributed by atoms with E-state index in [0.717, 1.165) is 6.54 Å². The lowest BCUT2D eigenvalue weighted by atomic mass is 10.1. The molecule has 0 saturated heterocycles. The standard InChI is InChI=1S/C15H17NO2S/c1-16(8-7-15(17)18)10-14-9-13(11-19-14)12-5-3-2-4-6-12/h2-6,9,11H,7-8,10H2,1H3,(H,17,18). The van der Waals surface area contributed by atoms with Crippen LogP contribution < -0.4 is 0 Å². The van der Waals surface area contributed by atoms with Crippen molar-refractivity contribution in [3.05, 3.63) is 46.7 Å². The van der Waals surface area contributed by atoms with E-state index in [1.54, 1.807) is 11.3 Å². The van der Waals surface area contributed by atoms with Gasteiger partial charge in [0.1, 0.15) is 0 Å². The zero-order chi connectivity index (χ0) is 13.7. The molecule has 0 fully saturated rings. The fraction of sp³-hybridized carbons (Fsp3) is 0.267. The topological polar surface area (TPSA) is 40.5 Å². The molecular formula is C15H17NO2S. The Balaban J connectivity index is 1.96. The highest BCUT2D eigenvalue weighted by Gasteiger charge is 2.06. The van der Waals surface area contributed by atoms with Gasteiger partial charge in [-0.2, -0.15) is 0 Å². The predicted molar refractivity (Wildman–Crippen MR) is 78.3 cm³/mol. The third-order valence-electron chi connectivity index (χ3n) is 2.89. The van der Waals surface area contributed by atoms with Crippen molar-refractivity contribution in [1.29, 1.82) is 0 Å². The Kier molecular flexibility index (Phi) is 4.71. The minimum absolute atomic E-state index is 0.188. The van der Waals surface area contributed by atoms with Crippen molar-refractivity contribution >= 4 is 17.3 Å². The molecule has 3 nitrogen and oxygen atoms in total. The lowest BCUT2D eigenvalue weighted by molar-refractivity contribution is -0.137. The van der Waals surface area contributed by atoms with Crippen LogP contribution in [-0.2, 0) is 11.3 Å². The van der Waals surface area contributed by atoms with Crippen molar-refractivity contribution in [2.75, 3.05) is 13.6 Å². The highest BCUT2D eigenvalue weighted by molar-refractivity contribution is 7.10. The average molecular weight is 275 g/mol. The molecule has 1 aromatic carbocycles. The Labute approximate surface area is 117 Å². The monoisotopic (exact) mass is 275 g/mol. The first-order valence-electron chi connectivity index (χ1n) is 6.18. The molecular weight excluding hydrogens is 258 g/mol. The normalized spacial score (nSPS) is 10.8. The molecule has 2 rings (SSSR count). The molecule has 4 heteroatoms. The number of carboxylic acids is 1. The third kappa shape index (κ3) is 4.19. The Morgan fingerprint density at radius 2 is 2.00 bits per heavy atom. The lowest BCUT2D eigenvalue weighted by Gasteiger charge is -2.13. The maximum atomic E-state index is 10.5. The second-order valence-corrected chi connectivity index (χ2v) is 5.55. The van der Waals surface area contributed by atoms with Crippen LogP contribution in [0.3, 0.4) is 0 Å². The number of hydrogen-bond donors (Lipinski definition) is 1. The maximum absolute atomic E-state index is 10.5. The number of aliphatic carboxylic acids is 1. The maximum Gasteiger partial charge on any atom is 0.304 e. The first-order valence-corrected chi connectivity index (χ1v) is 7.06. The second kappa shape index (κ2) is 6.50. The average Bonchev–Trinajstić information content (AvgIpc) is 2.86. The molecule has 1 aromatic heterocycles. The fourth-order valence-electron chi connectivity index (χ4n) is 1.88. The highest BCUT2D eigenvalue weighted by Crippen LogP contribution is 2.26. The van der Waals surface area contributed by atoms with Crippen LogP contribution in [0.2, 0.25) is 0 Å². The number of carbonyl (C=O) groups is 1. The van der Waals surface area contributed by atoms with Gasteiger partial charge in [-0.25, -0.2) is 0 Å². The summed E-state index contributed by atoms with van der Waals surface area (Å²) < 4.78 is 0. The van der Waals surface area contributed by atoms with Crippen LogP contribution in [0.4, 0.5) is 0 Å². The summed E-state index contributed by atoms with van der Waals surface area (Å²) >= 11 is 1.72. The molecule has 19 heavy (non-hydrogen) atoms. The number of hydrogen-bond acceptors (Lipinski definition) is 3. The SMILES string of the molecule is CN(CCC(=O)O)Cc1cc(-c2ccccc2)cs1. The first kappa shape index (κ1) is 13.8. The van der Waals surface area contributed by atoms with E-state index in [1.807, 2.05) is 30.1 Å². The largest absolute Gasteiger partial charge is 0.481 e. The molecule has 1 N–H and O–H groups in total. The van der Waals surface area contributed by atoms with Gasteiger partial charge in [-0.3, -0.25) is 4.79 Å². The van der Waals surface area contributed by atoms with Gasteiger partial charge in [0.15, 0.2) is 0 Å². The van der Waals surface area contributed by atoms with E-state index < -0.39 is 5.97 Å². The molecule has 1 heterocycles. The molecule has 0 atom stereocenters. The van der Waals surface area contributed by atoms with Crippen molar-refractivity contribution in [2.45, 2.75) is 13.0 Å². The lowest BCUT2D eigenvalue weighted by Crippen LogP contribution is -2.20. The van der Waals surface area contributed by atoms with E-state index in [9.17, 15) is 4.79 Å². The fourth-order valence-corrected chi connectivity index (χ4v) is 2.85. The molecule has 0 unspecified atom stereocenters. The van der Waals surface area contributed by atoms with Gasteiger partial charge in [-0.05, 0) is 29.6 Å². The highest BCUT2D eigenvalue weighted by atomic mass is 32.1. The Bertz CT molecular complexity index is 536. The van der Waals surface area contributed by atoms with Gasteiger partial charge in [-0.15, -0.1) is 11.3 Å². The molecule has 0 bridgehead atoms. The molecule has 2 aromatic rings. The second-order valence-electron chi connectivity index (χ2n) is 4.55.